The van der Waals surface area contributed by atoms with Crippen LogP contribution in [0.4, 0.5) is 0 Å². The predicted molar refractivity (Wildman–Crippen MR) is 120 cm³/mol. The third-order valence-corrected chi connectivity index (χ3v) is 5.93. The van der Waals surface area contributed by atoms with Gasteiger partial charge in [-0.3, -0.25) is 0 Å². The smallest absolute Gasteiger partial charge is 0.163 e. The summed E-state index contributed by atoms with van der Waals surface area (Å²) in [5.74, 6) is 0.836. The van der Waals surface area contributed by atoms with E-state index in [0.29, 0.717) is 0 Å². The molecule has 0 saturated carbocycles. The number of hydrogen-bond donors (Lipinski definition) is 1. The van der Waals surface area contributed by atoms with Gasteiger partial charge in [-0.05, 0) is 59.8 Å². The summed E-state index contributed by atoms with van der Waals surface area (Å²) in [6.45, 7) is 4.29. The van der Waals surface area contributed by atoms with Gasteiger partial charge in [-0.1, -0.05) is 35.9 Å². The van der Waals surface area contributed by atoms with Gasteiger partial charge in [-0.2, -0.15) is 0 Å². The molecule has 0 radical (unpaired) electrons. The van der Waals surface area contributed by atoms with Crippen molar-refractivity contribution in [2.75, 3.05) is 7.11 Å². The summed E-state index contributed by atoms with van der Waals surface area (Å²) in [7, 11) is 1.70. The van der Waals surface area contributed by atoms with Crippen LogP contribution >= 0.6 is 0 Å². The Labute approximate surface area is 167 Å². The van der Waals surface area contributed by atoms with Crippen LogP contribution in [0.15, 0.2) is 54.6 Å². The van der Waals surface area contributed by atoms with Gasteiger partial charge in [0.05, 0.1) is 18.0 Å². The number of methoxy groups -OCH3 is 1. The molecule has 4 heteroatoms. The van der Waals surface area contributed by atoms with E-state index >= 15 is 0 Å². The standard InChI is InChI=1S/C25H19N3O/c1-13-10-14(2)23-20(11-13)21-17-7-5-4-6-16(17)19-12-15(29-3)8-9-18(19)24-22(21)25(26-23)28-27-24/h4-12H,1-3H3,(H,26,27,28). The summed E-state index contributed by atoms with van der Waals surface area (Å²) in [5, 5.41) is 17.2. The second kappa shape index (κ2) is 5.67. The lowest BCUT2D eigenvalue weighted by molar-refractivity contribution is 0.415. The van der Waals surface area contributed by atoms with Gasteiger partial charge in [0.15, 0.2) is 5.65 Å². The molecule has 0 aliphatic rings. The molecule has 0 bridgehead atoms. The van der Waals surface area contributed by atoms with Crippen molar-refractivity contribution < 1.29 is 4.74 Å². The van der Waals surface area contributed by atoms with Gasteiger partial charge in [-0.25, -0.2) is 0 Å². The molecule has 140 valence electrons. The summed E-state index contributed by atoms with van der Waals surface area (Å²) in [6, 6.07) is 19.2. The van der Waals surface area contributed by atoms with Gasteiger partial charge in [0.2, 0.25) is 0 Å². The maximum Gasteiger partial charge on any atom is 0.163 e. The van der Waals surface area contributed by atoms with Crippen LogP contribution in [-0.2, 0) is 0 Å². The molecule has 0 amide bonds. The molecule has 4 nitrogen and oxygen atoms in total. The minimum absolute atomic E-state index is 0.827. The molecule has 0 aliphatic carbocycles. The fourth-order valence-corrected chi connectivity index (χ4v) is 4.70. The van der Waals surface area contributed by atoms with E-state index in [2.05, 4.69) is 77.6 Å². The second-order valence-corrected chi connectivity index (χ2v) is 7.73. The number of hydrogen-bond acceptors (Lipinski definition) is 3. The first kappa shape index (κ1) is 16.3. The number of aromatic amines is 1. The summed E-state index contributed by atoms with van der Waals surface area (Å²) >= 11 is 0. The Morgan fingerprint density at radius 2 is 1.59 bits per heavy atom. The number of fused-ring (bicyclic) bond motifs is 7. The molecule has 2 heterocycles. The number of aryl methyl sites for hydroxylation is 2. The molecular formula is C25H19N3O. The van der Waals surface area contributed by atoms with Crippen LogP contribution in [0.2, 0.25) is 0 Å². The molecule has 0 saturated heterocycles. The number of nitrogens with zero attached hydrogens (tertiary/aromatic N) is 2. The Morgan fingerprint density at radius 3 is 2.41 bits per heavy atom. The molecule has 0 aliphatic heterocycles. The van der Waals surface area contributed by atoms with Crippen molar-refractivity contribution in [3.63, 3.8) is 0 Å². The second-order valence-electron chi connectivity index (χ2n) is 7.73. The predicted octanol–water partition coefficient (Wildman–Crippen LogP) is 6.20. The maximum absolute atomic E-state index is 5.53. The van der Waals surface area contributed by atoms with Crippen LogP contribution in [0.3, 0.4) is 0 Å². The maximum atomic E-state index is 5.53. The highest BCUT2D eigenvalue weighted by Gasteiger charge is 2.18. The monoisotopic (exact) mass is 377 g/mol. The normalized spacial score (nSPS) is 12.0. The van der Waals surface area contributed by atoms with Crippen molar-refractivity contribution >= 4 is 54.4 Å². The highest BCUT2D eigenvalue weighted by molar-refractivity contribution is 6.33. The molecule has 2 aromatic heterocycles. The van der Waals surface area contributed by atoms with Crippen LogP contribution in [0.1, 0.15) is 11.1 Å². The zero-order valence-electron chi connectivity index (χ0n) is 16.5. The fourth-order valence-electron chi connectivity index (χ4n) is 4.70. The lowest BCUT2D eigenvalue weighted by Gasteiger charge is -2.09. The highest BCUT2D eigenvalue weighted by Crippen LogP contribution is 2.40. The van der Waals surface area contributed by atoms with Crippen LogP contribution in [0, 0.1) is 13.8 Å². The topological polar surface area (TPSA) is 50.8 Å². The van der Waals surface area contributed by atoms with Gasteiger partial charge in [0.25, 0.3) is 0 Å². The van der Waals surface area contributed by atoms with Crippen molar-refractivity contribution in [1.29, 1.82) is 0 Å². The Bertz CT molecular complexity index is 1610. The quantitative estimate of drug-likeness (QED) is 0.371. The summed E-state index contributed by atoms with van der Waals surface area (Å²) in [5.41, 5.74) is 5.31. The Kier molecular flexibility index (Phi) is 3.19. The molecule has 0 fully saturated rings. The van der Waals surface area contributed by atoms with Crippen molar-refractivity contribution in [3.05, 3.63) is 65.7 Å². The number of H-pyrrole nitrogens is 1. The molecule has 0 spiro atoms. The van der Waals surface area contributed by atoms with Crippen molar-refractivity contribution in [1.82, 2.24) is 15.2 Å². The zero-order chi connectivity index (χ0) is 19.7. The van der Waals surface area contributed by atoms with Gasteiger partial charge >= 0.3 is 0 Å². The molecule has 4 aromatic carbocycles. The molecular weight excluding hydrogens is 358 g/mol. The number of pyridine rings is 1. The van der Waals surface area contributed by atoms with E-state index in [1.165, 1.54) is 32.7 Å². The summed E-state index contributed by atoms with van der Waals surface area (Å²) in [6.07, 6.45) is 0. The third-order valence-electron chi connectivity index (χ3n) is 5.93. The summed E-state index contributed by atoms with van der Waals surface area (Å²) < 4.78 is 5.53. The Morgan fingerprint density at radius 1 is 0.759 bits per heavy atom. The lowest BCUT2D eigenvalue weighted by Crippen LogP contribution is -1.89. The average Bonchev–Trinajstić information content (AvgIpc) is 3.10. The average molecular weight is 377 g/mol. The largest absolute Gasteiger partial charge is 0.497 e. The highest BCUT2D eigenvalue weighted by atomic mass is 16.5. The molecule has 1 N–H and O–H groups in total. The number of benzene rings is 3. The minimum atomic E-state index is 0.827. The van der Waals surface area contributed by atoms with Gasteiger partial charge < -0.3 is 9.72 Å². The molecule has 29 heavy (non-hydrogen) atoms. The van der Waals surface area contributed by atoms with Gasteiger partial charge in [0, 0.05) is 16.2 Å². The van der Waals surface area contributed by atoms with Crippen LogP contribution in [0.25, 0.3) is 54.4 Å². The van der Waals surface area contributed by atoms with Crippen molar-refractivity contribution in [3.8, 4) is 5.75 Å². The zero-order valence-corrected chi connectivity index (χ0v) is 16.5. The van der Waals surface area contributed by atoms with Crippen LogP contribution < -0.4 is 4.74 Å². The number of aromatic nitrogens is 3. The first-order valence-electron chi connectivity index (χ1n) is 9.73. The molecule has 6 rings (SSSR count). The van der Waals surface area contributed by atoms with Crippen molar-refractivity contribution in [2.24, 2.45) is 0 Å². The molecule has 0 atom stereocenters. The minimum Gasteiger partial charge on any atom is -0.497 e. The van der Waals surface area contributed by atoms with Gasteiger partial charge in [0.1, 0.15) is 11.3 Å². The van der Waals surface area contributed by atoms with E-state index in [1.807, 2.05) is 6.07 Å². The van der Waals surface area contributed by atoms with Crippen LogP contribution in [-0.4, -0.2) is 22.3 Å². The van der Waals surface area contributed by atoms with E-state index in [4.69, 9.17) is 4.74 Å². The Balaban J connectivity index is 2.06. The number of ether oxygens (including phenoxy) is 1. The molecule has 0 unspecified atom stereocenters. The van der Waals surface area contributed by atoms with E-state index in [1.54, 1.807) is 7.11 Å². The van der Waals surface area contributed by atoms with E-state index in [9.17, 15) is 0 Å². The van der Waals surface area contributed by atoms with E-state index in [0.717, 1.165) is 38.6 Å². The Hall–Kier alpha value is -3.66. The third kappa shape index (κ3) is 2.14. The lowest BCUT2D eigenvalue weighted by atomic mass is 9.99. The molecule has 6 aromatic rings. The van der Waals surface area contributed by atoms with E-state index in [-0.39, 0.29) is 0 Å². The number of nitrogens with one attached hydrogen (secondary N) is 1. The van der Waals surface area contributed by atoms with E-state index < -0.39 is 0 Å². The van der Waals surface area contributed by atoms with Crippen LogP contribution in [0.5, 0.6) is 5.75 Å². The summed E-state index contributed by atoms with van der Waals surface area (Å²) in [4.78, 5) is 3.55. The first-order valence-corrected chi connectivity index (χ1v) is 9.73. The fraction of sp³-hybridized carbons (Fsp3) is 0.120. The first-order chi connectivity index (χ1) is 14.2. The number of rotatable bonds is 1. The SMILES string of the molecule is COc1ccc2c(c1)c1ccccc1c1c3cc(C)cc(C)c3[nH]c3nnc2c31. The van der Waals surface area contributed by atoms with Gasteiger partial charge in [-0.15, -0.1) is 10.2 Å². The van der Waals surface area contributed by atoms with Crippen molar-refractivity contribution in [2.45, 2.75) is 13.8 Å².